The number of nitrogens with zero attached hydrogens (tertiary/aromatic N) is 3. The summed E-state index contributed by atoms with van der Waals surface area (Å²) in [4.78, 5) is 9.87. The van der Waals surface area contributed by atoms with Crippen molar-refractivity contribution >= 4 is 33.6 Å². The van der Waals surface area contributed by atoms with Gasteiger partial charge < -0.3 is 14.9 Å². The Kier molecular flexibility index (Phi) is 5.60. The third-order valence-electron chi connectivity index (χ3n) is 4.69. The van der Waals surface area contributed by atoms with Crippen LogP contribution in [0, 0.1) is 6.92 Å². The molecule has 0 spiro atoms. The van der Waals surface area contributed by atoms with Crippen LogP contribution in [0.3, 0.4) is 0 Å². The quantitative estimate of drug-likeness (QED) is 0.317. The van der Waals surface area contributed by atoms with E-state index in [1.807, 2.05) is 31.2 Å². The van der Waals surface area contributed by atoms with Crippen molar-refractivity contribution in [1.29, 1.82) is 0 Å². The van der Waals surface area contributed by atoms with Gasteiger partial charge in [0, 0.05) is 4.88 Å². The number of thiophene rings is 1. The number of aliphatic hydroxyl groups is 1. The van der Waals surface area contributed by atoms with Crippen molar-refractivity contribution in [3.8, 4) is 21.9 Å². The number of anilines is 1. The highest BCUT2D eigenvalue weighted by Crippen LogP contribution is 2.39. The Hall–Kier alpha value is -3.49. The number of fused-ring (bicyclic) bond motifs is 1. The number of aromatic hydroxyl groups is 1. The lowest BCUT2D eigenvalue weighted by molar-refractivity contribution is 0.282. The van der Waals surface area contributed by atoms with Crippen molar-refractivity contribution in [2.24, 2.45) is 5.10 Å². The second kappa shape index (κ2) is 8.48. The summed E-state index contributed by atoms with van der Waals surface area (Å²) < 4.78 is 5.96. The molecule has 0 saturated heterocycles. The van der Waals surface area contributed by atoms with Crippen molar-refractivity contribution < 1.29 is 14.9 Å². The van der Waals surface area contributed by atoms with Crippen LogP contribution < -0.4 is 10.2 Å². The molecule has 0 aliphatic heterocycles. The highest BCUT2D eigenvalue weighted by Gasteiger charge is 2.15. The monoisotopic (exact) mass is 420 g/mol. The van der Waals surface area contributed by atoms with Gasteiger partial charge in [0.05, 0.1) is 30.1 Å². The molecule has 4 aromatic rings. The molecule has 2 heterocycles. The van der Waals surface area contributed by atoms with Gasteiger partial charge >= 0.3 is 0 Å². The number of hydrogen-bond acceptors (Lipinski definition) is 8. The first-order chi connectivity index (χ1) is 14.6. The van der Waals surface area contributed by atoms with Gasteiger partial charge in [-0.15, -0.1) is 11.3 Å². The Morgan fingerprint density at radius 1 is 1.17 bits per heavy atom. The number of hydrazone groups is 1. The van der Waals surface area contributed by atoms with Crippen LogP contribution in [0.5, 0.6) is 11.5 Å². The minimum absolute atomic E-state index is 0.0230. The molecular weight excluding hydrogens is 400 g/mol. The number of nitrogens with one attached hydrogen (secondary N) is 1. The van der Waals surface area contributed by atoms with Crippen LogP contribution in [-0.4, -0.2) is 33.5 Å². The molecule has 2 aromatic heterocycles. The number of ether oxygens (including phenoxy) is 1. The summed E-state index contributed by atoms with van der Waals surface area (Å²) in [6.07, 6.45) is 3.11. The number of aromatic nitrogens is 2. The van der Waals surface area contributed by atoms with E-state index in [2.05, 4.69) is 20.5 Å². The predicted molar refractivity (Wildman–Crippen MR) is 119 cm³/mol. The molecule has 2 aromatic carbocycles. The van der Waals surface area contributed by atoms with E-state index < -0.39 is 0 Å². The van der Waals surface area contributed by atoms with Crippen LogP contribution in [0.4, 0.5) is 5.82 Å². The van der Waals surface area contributed by atoms with E-state index in [1.54, 1.807) is 35.8 Å². The van der Waals surface area contributed by atoms with Gasteiger partial charge in [-0.1, -0.05) is 24.3 Å². The predicted octanol–water partition coefficient (Wildman–Crippen LogP) is 4.32. The lowest BCUT2D eigenvalue weighted by Gasteiger charge is -2.03. The third kappa shape index (κ3) is 3.83. The van der Waals surface area contributed by atoms with Crippen LogP contribution in [0.2, 0.25) is 0 Å². The van der Waals surface area contributed by atoms with Gasteiger partial charge in [-0.2, -0.15) is 5.10 Å². The van der Waals surface area contributed by atoms with E-state index in [0.29, 0.717) is 11.6 Å². The van der Waals surface area contributed by atoms with Crippen molar-refractivity contribution in [1.82, 2.24) is 9.97 Å². The zero-order valence-electron chi connectivity index (χ0n) is 16.5. The molecule has 0 bridgehead atoms. The van der Waals surface area contributed by atoms with Gasteiger partial charge in [0.15, 0.2) is 17.3 Å². The van der Waals surface area contributed by atoms with E-state index >= 15 is 0 Å². The highest BCUT2D eigenvalue weighted by molar-refractivity contribution is 7.23. The minimum atomic E-state index is 0.0230. The average Bonchev–Trinajstić information content (AvgIpc) is 3.11. The van der Waals surface area contributed by atoms with Gasteiger partial charge in [-0.25, -0.2) is 9.97 Å². The Morgan fingerprint density at radius 2 is 1.97 bits per heavy atom. The SMILES string of the molecule is COc1ccc(C=NNc2ncnc3c(C)c(-c4ccc(CO)cc4)sc23)cc1O. The lowest BCUT2D eigenvalue weighted by Crippen LogP contribution is -1.95. The maximum Gasteiger partial charge on any atom is 0.167 e. The zero-order chi connectivity index (χ0) is 21.1. The molecule has 3 N–H and O–H groups in total. The Labute approximate surface area is 177 Å². The first-order valence-electron chi connectivity index (χ1n) is 9.21. The molecule has 0 unspecified atom stereocenters. The van der Waals surface area contributed by atoms with E-state index in [1.165, 1.54) is 13.4 Å². The Bertz CT molecular complexity index is 1220. The molecule has 0 radical (unpaired) electrons. The number of phenols is 1. The number of rotatable bonds is 6. The molecule has 0 fully saturated rings. The van der Waals surface area contributed by atoms with Crippen molar-refractivity contribution in [3.05, 3.63) is 65.5 Å². The molecular formula is C22H20N4O3S. The summed E-state index contributed by atoms with van der Waals surface area (Å²) in [5, 5.41) is 23.4. The first kappa shape index (κ1) is 19.8. The second-order valence-electron chi connectivity index (χ2n) is 6.61. The Morgan fingerprint density at radius 3 is 2.67 bits per heavy atom. The van der Waals surface area contributed by atoms with E-state index in [4.69, 9.17) is 4.74 Å². The molecule has 0 saturated carbocycles. The van der Waals surface area contributed by atoms with E-state index in [9.17, 15) is 10.2 Å². The molecule has 0 aliphatic carbocycles. The smallest absolute Gasteiger partial charge is 0.167 e. The summed E-state index contributed by atoms with van der Waals surface area (Å²) in [6.45, 7) is 2.06. The minimum Gasteiger partial charge on any atom is -0.504 e. The van der Waals surface area contributed by atoms with E-state index in [0.717, 1.165) is 37.3 Å². The number of aliphatic hydroxyl groups excluding tert-OH is 1. The highest BCUT2D eigenvalue weighted by atomic mass is 32.1. The van der Waals surface area contributed by atoms with Crippen LogP contribution in [0.25, 0.3) is 20.7 Å². The van der Waals surface area contributed by atoms with Crippen LogP contribution in [0.1, 0.15) is 16.7 Å². The van der Waals surface area contributed by atoms with Crippen LogP contribution in [-0.2, 0) is 6.61 Å². The van der Waals surface area contributed by atoms with Crippen molar-refractivity contribution in [3.63, 3.8) is 0 Å². The van der Waals surface area contributed by atoms with Crippen molar-refractivity contribution in [2.45, 2.75) is 13.5 Å². The number of phenolic OH excluding ortho intramolecular Hbond substituents is 1. The summed E-state index contributed by atoms with van der Waals surface area (Å²) in [6, 6.07) is 12.9. The van der Waals surface area contributed by atoms with Crippen LogP contribution in [0.15, 0.2) is 53.9 Å². The fourth-order valence-electron chi connectivity index (χ4n) is 3.10. The normalized spacial score (nSPS) is 11.3. The molecule has 0 atom stereocenters. The van der Waals surface area contributed by atoms with E-state index in [-0.39, 0.29) is 12.4 Å². The van der Waals surface area contributed by atoms with Gasteiger partial charge in [0.2, 0.25) is 0 Å². The van der Waals surface area contributed by atoms with Crippen LogP contribution >= 0.6 is 11.3 Å². The number of hydrogen-bond donors (Lipinski definition) is 3. The molecule has 0 aliphatic rings. The molecule has 152 valence electrons. The molecule has 4 rings (SSSR count). The topological polar surface area (TPSA) is 99.9 Å². The molecule has 30 heavy (non-hydrogen) atoms. The van der Waals surface area contributed by atoms with Gasteiger partial charge in [-0.3, -0.25) is 5.43 Å². The summed E-state index contributed by atoms with van der Waals surface area (Å²) in [5.74, 6) is 1.07. The fourth-order valence-corrected chi connectivity index (χ4v) is 4.30. The summed E-state index contributed by atoms with van der Waals surface area (Å²) in [7, 11) is 1.50. The molecule has 0 amide bonds. The zero-order valence-corrected chi connectivity index (χ0v) is 17.3. The lowest BCUT2D eigenvalue weighted by atomic mass is 10.1. The number of benzene rings is 2. The van der Waals surface area contributed by atoms with Crippen molar-refractivity contribution in [2.75, 3.05) is 12.5 Å². The molecule has 7 nitrogen and oxygen atoms in total. The maximum atomic E-state index is 9.88. The largest absolute Gasteiger partial charge is 0.504 e. The maximum absolute atomic E-state index is 9.88. The number of methoxy groups -OCH3 is 1. The number of aryl methyl sites for hydroxylation is 1. The summed E-state index contributed by atoms with van der Waals surface area (Å²) in [5.41, 5.74) is 7.58. The van der Waals surface area contributed by atoms with Gasteiger partial charge in [0.1, 0.15) is 6.33 Å². The third-order valence-corrected chi connectivity index (χ3v) is 6.03. The second-order valence-corrected chi connectivity index (χ2v) is 7.63. The van der Waals surface area contributed by atoms with Gasteiger partial charge in [0.25, 0.3) is 0 Å². The summed E-state index contributed by atoms with van der Waals surface area (Å²) >= 11 is 1.59. The fraction of sp³-hybridized carbons (Fsp3) is 0.136. The standard InChI is InChI=1S/C22H20N4O3S/c1-13-19-21(30-20(13)16-6-3-14(11-27)4-7-16)22(24-12-23-19)26-25-10-15-5-8-18(29-2)17(28)9-15/h3-10,12,27-28H,11H2,1-2H3,(H,23,24,26). The Balaban J connectivity index is 1.62. The average molecular weight is 420 g/mol. The molecule has 8 heteroatoms. The first-order valence-corrected chi connectivity index (χ1v) is 10.0. The van der Waals surface area contributed by atoms with Gasteiger partial charge in [-0.05, 0) is 47.4 Å².